The summed E-state index contributed by atoms with van der Waals surface area (Å²) in [5.74, 6) is 0.693. The smallest absolute Gasteiger partial charge is 0.416 e. The first-order chi connectivity index (χ1) is 13.8. The second-order valence-corrected chi connectivity index (χ2v) is 6.90. The summed E-state index contributed by atoms with van der Waals surface area (Å²) in [6.45, 7) is 3.59. The molecule has 0 N–H and O–H groups in total. The minimum absolute atomic E-state index is 0.131. The number of ether oxygens (including phenoxy) is 1. The van der Waals surface area contributed by atoms with Crippen LogP contribution in [-0.2, 0) is 17.5 Å². The SMILES string of the molecule is COc1ccc(CN2CCN(C(=O)/C=C/c3ccc(C(F)(F)F)cc3)CC2)cc1. The van der Waals surface area contributed by atoms with Gasteiger partial charge in [0.2, 0.25) is 5.91 Å². The number of benzene rings is 2. The fraction of sp³-hybridized carbons (Fsp3) is 0.318. The van der Waals surface area contributed by atoms with Crippen molar-refractivity contribution in [2.75, 3.05) is 33.3 Å². The highest BCUT2D eigenvalue weighted by Gasteiger charge is 2.29. The molecule has 0 saturated carbocycles. The zero-order valence-electron chi connectivity index (χ0n) is 16.2. The number of carbonyl (C=O) groups excluding carboxylic acids is 1. The molecule has 1 saturated heterocycles. The number of hydrogen-bond donors (Lipinski definition) is 0. The van der Waals surface area contributed by atoms with Crippen LogP contribution in [-0.4, -0.2) is 49.0 Å². The number of carbonyl (C=O) groups is 1. The van der Waals surface area contributed by atoms with E-state index in [2.05, 4.69) is 4.90 Å². The third-order valence-electron chi connectivity index (χ3n) is 4.91. The molecule has 0 aromatic heterocycles. The van der Waals surface area contributed by atoms with Gasteiger partial charge in [-0.2, -0.15) is 13.2 Å². The Labute approximate surface area is 168 Å². The predicted molar refractivity (Wildman–Crippen MR) is 105 cm³/mol. The van der Waals surface area contributed by atoms with Gasteiger partial charge in [-0.15, -0.1) is 0 Å². The molecule has 0 radical (unpaired) electrons. The van der Waals surface area contributed by atoms with E-state index < -0.39 is 11.7 Å². The Morgan fingerprint density at radius 2 is 1.62 bits per heavy atom. The van der Waals surface area contributed by atoms with E-state index in [0.29, 0.717) is 18.7 Å². The highest BCUT2D eigenvalue weighted by molar-refractivity contribution is 5.91. The van der Waals surface area contributed by atoms with Crippen molar-refractivity contribution in [1.29, 1.82) is 0 Å². The molecule has 0 aliphatic carbocycles. The number of halogens is 3. The van der Waals surface area contributed by atoms with Crippen LogP contribution in [0.1, 0.15) is 16.7 Å². The second-order valence-electron chi connectivity index (χ2n) is 6.90. The van der Waals surface area contributed by atoms with Gasteiger partial charge in [0.25, 0.3) is 0 Å². The van der Waals surface area contributed by atoms with E-state index in [9.17, 15) is 18.0 Å². The Balaban J connectivity index is 1.48. The Morgan fingerprint density at radius 1 is 1.00 bits per heavy atom. The minimum Gasteiger partial charge on any atom is -0.497 e. The van der Waals surface area contributed by atoms with Crippen LogP contribution in [0.5, 0.6) is 5.75 Å². The quantitative estimate of drug-likeness (QED) is 0.705. The molecule has 4 nitrogen and oxygen atoms in total. The fourth-order valence-electron chi connectivity index (χ4n) is 3.17. The van der Waals surface area contributed by atoms with Gasteiger partial charge in [0.1, 0.15) is 5.75 Å². The van der Waals surface area contributed by atoms with Crippen LogP contribution in [0.2, 0.25) is 0 Å². The largest absolute Gasteiger partial charge is 0.497 e. The summed E-state index contributed by atoms with van der Waals surface area (Å²) in [6, 6.07) is 12.7. The Kier molecular flexibility index (Phi) is 6.59. The summed E-state index contributed by atoms with van der Waals surface area (Å²) in [5.41, 5.74) is 1.05. The molecular formula is C22H23F3N2O2. The van der Waals surface area contributed by atoms with Gasteiger partial charge in [0.05, 0.1) is 12.7 Å². The van der Waals surface area contributed by atoms with E-state index in [0.717, 1.165) is 37.5 Å². The highest BCUT2D eigenvalue weighted by Crippen LogP contribution is 2.29. The van der Waals surface area contributed by atoms with Crippen LogP contribution in [0.4, 0.5) is 13.2 Å². The lowest BCUT2D eigenvalue weighted by molar-refractivity contribution is -0.137. The zero-order chi connectivity index (χ0) is 20.9. The summed E-state index contributed by atoms with van der Waals surface area (Å²) in [5, 5.41) is 0. The maximum absolute atomic E-state index is 12.6. The van der Waals surface area contributed by atoms with Crippen LogP contribution >= 0.6 is 0 Å². The number of alkyl halides is 3. The van der Waals surface area contributed by atoms with Crippen molar-refractivity contribution >= 4 is 12.0 Å². The third kappa shape index (κ3) is 5.84. The lowest BCUT2D eigenvalue weighted by Crippen LogP contribution is -2.47. The minimum atomic E-state index is -4.36. The molecule has 1 aliphatic heterocycles. The second kappa shape index (κ2) is 9.13. The lowest BCUT2D eigenvalue weighted by atomic mass is 10.1. The van der Waals surface area contributed by atoms with E-state index in [1.165, 1.54) is 23.8 Å². The maximum Gasteiger partial charge on any atom is 0.416 e. The van der Waals surface area contributed by atoms with Gasteiger partial charge in [-0.3, -0.25) is 9.69 Å². The van der Waals surface area contributed by atoms with Crippen LogP contribution in [0.3, 0.4) is 0 Å². The van der Waals surface area contributed by atoms with Gasteiger partial charge >= 0.3 is 6.18 Å². The molecule has 3 rings (SSSR count). The molecule has 29 heavy (non-hydrogen) atoms. The Morgan fingerprint density at radius 3 is 2.17 bits per heavy atom. The molecule has 154 valence electrons. The summed E-state index contributed by atoms with van der Waals surface area (Å²) >= 11 is 0. The summed E-state index contributed by atoms with van der Waals surface area (Å²) < 4.78 is 42.9. The normalized spacial score (nSPS) is 15.7. The summed E-state index contributed by atoms with van der Waals surface area (Å²) in [7, 11) is 1.64. The number of hydrogen-bond acceptors (Lipinski definition) is 3. The van der Waals surface area contributed by atoms with Gasteiger partial charge < -0.3 is 9.64 Å². The van der Waals surface area contributed by atoms with Crippen molar-refractivity contribution in [3.05, 3.63) is 71.3 Å². The van der Waals surface area contributed by atoms with Crippen LogP contribution in [0, 0.1) is 0 Å². The Hall–Kier alpha value is -2.80. The van der Waals surface area contributed by atoms with E-state index in [1.807, 2.05) is 24.3 Å². The van der Waals surface area contributed by atoms with Crippen LogP contribution in [0.15, 0.2) is 54.6 Å². The van der Waals surface area contributed by atoms with Gasteiger partial charge in [-0.1, -0.05) is 24.3 Å². The van der Waals surface area contributed by atoms with Gasteiger partial charge in [0, 0.05) is 38.8 Å². The monoisotopic (exact) mass is 404 g/mol. The van der Waals surface area contributed by atoms with E-state index in [4.69, 9.17) is 4.74 Å². The van der Waals surface area contributed by atoms with Crippen LogP contribution < -0.4 is 4.74 Å². The molecule has 1 fully saturated rings. The average Bonchev–Trinajstić information content (AvgIpc) is 2.73. The van der Waals surface area contributed by atoms with Gasteiger partial charge in [0.15, 0.2) is 0 Å². The number of rotatable bonds is 5. The van der Waals surface area contributed by atoms with Crippen LogP contribution in [0.25, 0.3) is 6.08 Å². The predicted octanol–water partition coefficient (Wildman–Crippen LogP) is 4.07. The molecule has 0 atom stereocenters. The fourth-order valence-corrected chi connectivity index (χ4v) is 3.17. The molecule has 1 aliphatic rings. The van der Waals surface area contributed by atoms with E-state index in [-0.39, 0.29) is 5.91 Å². The topological polar surface area (TPSA) is 32.8 Å². The summed E-state index contributed by atoms with van der Waals surface area (Å²) in [4.78, 5) is 16.4. The molecule has 0 spiro atoms. The Bertz CT molecular complexity index is 838. The average molecular weight is 404 g/mol. The molecule has 1 heterocycles. The third-order valence-corrected chi connectivity index (χ3v) is 4.91. The first-order valence-corrected chi connectivity index (χ1v) is 9.35. The van der Waals surface area contributed by atoms with Crippen molar-refractivity contribution in [3.8, 4) is 5.75 Å². The summed E-state index contributed by atoms with van der Waals surface area (Å²) in [6.07, 6.45) is -1.39. The first kappa shape index (κ1) is 20.9. The zero-order valence-corrected chi connectivity index (χ0v) is 16.2. The number of methoxy groups -OCH3 is 1. The first-order valence-electron chi connectivity index (χ1n) is 9.35. The molecule has 2 aromatic carbocycles. The van der Waals surface area contributed by atoms with Crippen molar-refractivity contribution < 1.29 is 22.7 Å². The van der Waals surface area contributed by atoms with Crippen molar-refractivity contribution in [2.24, 2.45) is 0 Å². The highest BCUT2D eigenvalue weighted by atomic mass is 19.4. The number of piperazine rings is 1. The molecule has 7 heteroatoms. The molecule has 1 amide bonds. The molecule has 0 bridgehead atoms. The standard InChI is InChI=1S/C22H23F3N2O2/c1-29-20-9-4-18(5-10-20)16-26-12-14-27(15-13-26)21(28)11-6-17-2-7-19(8-3-17)22(23,24)25/h2-11H,12-16H2,1H3/b11-6+. The number of nitrogens with zero attached hydrogens (tertiary/aromatic N) is 2. The molecule has 2 aromatic rings. The van der Waals surface area contributed by atoms with Gasteiger partial charge in [-0.05, 0) is 41.5 Å². The van der Waals surface area contributed by atoms with Gasteiger partial charge in [-0.25, -0.2) is 0 Å². The van der Waals surface area contributed by atoms with E-state index in [1.54, 1.807) is 18.1 Å². The molecular weight excluding hydrogens is 381 g/mol. The maximum atomic E-state index is 12.6. The molecule has 0 unspecified atom stereocenters. The van der Waals surface area contributed by atoms with Crippen molar-refractivity contribution in [2.45, 2.75) is 12.7 Å². The van der Waals surface area contributed by atoms with Crippen molar-refractivity contribution in [3.63, 3.8) is 0 Å². The lowest BCUT2D eigenvalue weighted by Gasteiger charge is -2.34. The number of amides is 1. The van der Waals surface area contributed by atoms with E-state index >= 15 is 0 Å². The van der Waals surface area contributed by atoms with Crippen molar-refractivity contribution in [1.82, 2.24) is 9.80 Å².